The first-order valence-corrected chi connectivity index (χ1v) is 7.00. The lowest BCUT2D eigenvalue weighted by atomic mass is 10.2. The number of hydrogen-bond donors (Lipinski definition) is 1. The van der Waals surface area contributed by atoms with Gasteiger partial charge >= 0.3 is 0 Å². The van der Waals surface area contributed by atoms with E-state index in [1.807, 2.05) is 6.07 Å². The molecule has 0 saturated carbocycles. The van der Waals surface area contributed by atoms with Crippen molar-refractivity contribution in [2.24, 2.45) is 0 Å². The molecule has 0 radical (unpaired) electrons. The molecular weight excluding hydrogens is 294 g/mol. The first kappa shape index (κ1) is 14.6. The summed E-state index contributed by atoms with van der Waals surface area (Å²) < 4.78 is 5.34. The van der Waals surface area contributed by atoms with E-state index >= 15 is 0 Å². The van der Waals surface area contributed by atoms with E-state index in [-0.39, 0.29) is 25.0 Å². The number of hydrogen-bond acceptors (Lipinski definition) is 4. The smallest absolute Gasteiger partial charge is 0.265 e. The number of para-hydroxylation sites is 3. The largest absolute Gasteiger partial charge is 0.482 e. The molecular formula is C17H13N3O3. The van der Waals surface area contributed by atoms with Gasteiger partial charge in [0, 0.05) is 0 Å². The van der Waals surface area contributed by atoms with Gasteiger partial charge in [0.15, 0.2) is 6.61 Å². The number of rotatable bonds is 3. The minimum atomic E-state index is -0.377. The molecule has 2 aromatic carbocycles. The fourth-order valence-corrected chi connectivity index (χ4v) is 2.35. The molecule has 0 saturated heterocycles. The Hall–Kier alpha value is -3.33. The molecule has 3 rings (SSSR count). The van der Waals surface area contributed by atoms with E-state index in [9.17, 15) is 9.59 Å². The van der Waals surface area contributed by atoms with Crippen LogP contribution in [0.15, 0.2) is 48.5 Å². The van der Waals surface area contributed by atoms with Crippen molar-refractivity contribution in [2.75, 3.05) is 23.4 Å². The number of nitriles is 1. The van der Waals surface area contributed by atoms with Gasteiger partial charge in [-0.05, 0) is 24.3 Å². The molecule has 0 aliphatic carbocycles. The Morgan fingerprint density at radius 1 is 1.22 bits per heavy atom. The lowest BCUT2D eigenvalue weighted by Crippen LogP contribution is -2.43. The Morgan fingerprint density at radius 3 is 2.78 bits per heavy atom. The molecule has 2 aromatic rings. The average molecular weight is 307 g/mol. The summed E-state index contributed by atoms with van der Waals surface area (Å²) in [6, 6.07) is 15.8. The van der Waals surface area contributed by atoms with E-state index in [2.05, 4.69) is 5.32 Å². The number of amides is 2. The zero-order valence-electron chi connectivity index (χ0n) is 12.2. The lowest BCUT2D eigenvalue weighted by molar-refractivity contribution is -0.123. The van der Waals surface area contributed by atoms with Crippen molar-refractivity contribution in [1.82, 2.24) is 0 Å². The van der Waals surface area contributed by atoms with Crippen LogP contribution in [0.5, 0.6) is 5.75 Å². The number of nitrogens with zero attached hydrogens (tertiary/aromatic N) is 2. The van der Waals surface area contributed by atoms with Gasteiger partial charge in [0.25, 0.3) is 5.91 Å². The van der Waals surface area contributed by atoms with Gasteiger partial charge in [0.2, 0.25) is 5.91 Å². The second-order valence-electron chi connectivity index (χ2n) is 4.94. The molecule has 114 valence electrons. The highest BCUT2D eigenvalue weighted by Gasteiger charge is 2.27. The highest BCUT2D eigenvalue weighted by molar-refractivity contribution is 6.05. The Bertz CT molecular complexity index is 811. The summed E-state index contributed by atoms with van der Waals surface area (Å²) in [5.41, 5.74) is 1.36. The number of carbonyl (C=O) groups is 2. The van der Waals surface area contributed by atoms with E-state index in [1.165, 1.54) is 4.90 Å². The van der Waals surface area contributed by atoms with Gasteiger partial charge < -0.3 is 10.1 Å². The van der Waals surface area contributed by atoms with Crippen molar-refractivity contribution in [3.8, 4) is 11.8 Å². The van der Waals surface area contributed by atoms with Crippen LogP contribution >= 0.6 is 0 Å². The van der Waals surface area contributed by atoms with Crippen molar-refractivity contribution < 1.29 is 14.3 Å². The Kier molecular flexibility index (Phi) is 3.93. The predicted octanol–water partition coefficient (Wildman–Crippen LogP) is 1.92. The van der Waals surface area contributed by atoms with Crippen LogP contribution < -0.4 is 15.0 Å². The highest BCUT2D eigenvalue weighted by Crippen LogP contribution is 2.31. The maximum atomic E-state index is 12.2. The molecule has 0 atom stereocenters. The number of ether oxygens (including phenoxy) is 1. The maximum absolute atomic E-state index is 12.2. The average Bonchev–Trinajstić information content (AvgIpc) is 2.58. The molecule has 0 fully saturated rings. The monoisotopic (exact) mass is 307 g/mol. The maximum Gasteiger partial charge on any atom is 0.265 e. The summed E-state index contributed by atoms with van der Waals surface area (Å²) >= 11 is 0. The summed E-state index contributed by atoms with van der Waals surface area (Å²) in [6.07, 6.45) is 0. The Balaban J connectivity index is 1.78. The summed E-state index contributed by atoms with van der Waals surface area (Å²) in [5, 5.41) is 11.7. The van der Waals surface area contributed by atoms with Crippen LogP contribution in [0.2, 0.25) is 0 Å². The third-order valence-corrected chi connectivity index (χ3v) is 3.43. The van der Waals surface area contributed by atoms with Crippen molar-refractivity contribution in [3.63, 3.8) is 0 Å². The van der Waals surface area contributed by atoms with Crippen LogP contribution in [-0.2, 0) is 9.59 Å². The third-order valence-electron chi connectivity index (χ3n) is 3.43. The van der Waals surface area contributed by atoms with Crippen LogP contribution in [-0.4, -0.2) is 25.0 Å². The van der Waals surface area contributed by atoms with Crippen LogP contribution in [0.25, 0.3) is 0 Å². The molecule has 1 aliphatic heterocycles. The molecule has 6 heteroatoms. The van der Waals surface area contributed by atoms with Crippen LogP contribution in [0.3, 0.4) is 0 Å². The van der Waals surface area contributed by atoms with Crippen LogP contribution in [0.1, 0.15) is 5.56 Å². The third kappa shape index (κ3) is 2.99. The topological polar surface area (TPSA) is 82.4 Å². The number of anilines is 2. The molecule has 1 N–H and O–H groups in total. The zero-order chi connectivity index (χ0) is 16.2. The number of nitrogens with one attached hydrogen (secondary N) is 1. The van der Waals surface area contributed by atoms with Crippen molar-refractivity contribution in [1.29, 1.82) is 5.26 Å². The predicted molar refractivity (Wildman–Crippen MR) is 84.1 cm³/mol. The van der Waals surface area contributed by atoms with Gasteiger partial charge in [-0.15, -0.1) is 0 Å². The van der Waals surface area contributed by atoms with E-state index in [1.54, 1.807) is 48.5 Å². The quantitative estimate of drug-likeness (QED) is 0.939. The first-order chi connectivity index (χ1) is 11.2. The molecule has 0 unspecified atom stereocenters. The van der Waals surface area contributed by atoms with Crippen LogP contribution in [0, 0.1) is 11.3 Å². The molecule has 0 bridgehead atoms. The fourth-order valence-electron chi connectivity index (χ4n) is 2.35. The normalized spacial score (nSPS) is 12.8. The summed E-state index contributed by atoms with van der Waals surface area (Å²) in [6.45, 7) is -0.238. The standard InChI is InChI=1S/C17H13N3O3/c18-9-12-5-1-2-6-13(12)19-16(21)10-20-14-7-3-4-8-15(14)23-11-17(20)22/h1-8H,10-11H2,(H,19,21). The fraction of sp³-hybridized carbons (Fsp3) is 0.118. The number of benzene rings is 2. The summed E-state index contributed by atoms with van der Waals surface area (Å²) in [4.78, 5) is 25.7. The van der Waals surface area contributed by atoms with E-state index in [0.29, 0.717) is 22.7 Å². The van der Waals surface area contributed by atoms with Crippen molar-refractivity contribution >= 4 is 23.2 Å². The Labute approximate surface area is 132 Å². The number of carbonyl (C=O) groups excluding carboxylic acids is 2. The minimum absolute atomic E-state index is 0.0981. The van der Waals surface area contributed by atoms with Crippen LogP contribution in [0.4, 0.5) is 11.4 Å². The van der Waals surface area contributed by atoms with E-state index in [4.69, 9.17) is 10.00 Å². The summed E-state index contributed by atoms with van der Waals surface area (Å²) in [5.74, 6) is -0.0949. The van der Waals surface area contributed by atoms with Gasteiger partial charge in [-0.25, -0.2) is 0 Å². The van der Waals surface area contributed by atoms with E-state index < -0.39 is 0 Å². The van der Waals surface area contributed by atoms with Gasteiger partial charge in [-0.3, -0.25) is 14.5 Å². The molecule has 0 aromatic heterocycles. The first-order valence-electron chi connectivity index (χ1n) is 7.00. The SMILES string of the molecule is N#Cc1ccccc1NC(=O)CN1C(=O)COc2ccccc21. The van der Waals surface area contributed by atoms with E-state index in [0.717, 1.165) is 0 Å². The van der Waals surface area contributed by atoms with Crippen molar-refractivity contribution in [2.45, 2.75) is 0 Å². The summed E-state index contributed by atoms with van der Waals surface area (Å²) in [7, 11) is 0. The lowest BCUT2D eigenvalue weighted by Gasteiger charge is -2.28. The minimum Gasteiger partial charge on any atom is -0.482 e. The second kappa shape index (κ2) is 6.20. The van der Waals surface area contributed by atoms with Gasteiger partial charge in [-0.1, -0.05) is 24.3 Å². The molecule has 23 heavy (non-hydrogen) atoms. The van der Waals surface area contributed by atoms with Crippen molar-refractivity contribution in [3.05, 3.63) is 54.1 Å². The zero-order valence-corrected chi connectivity index (χ0v) is 12.2. The molecule has 2 amide bonds. The molecule has 1 heterocycles. The van der Waals surface area contributed by atoms with Gasteiger partial charge in [0.05, 0.1) is 16.9 Å². The van der Waals surface area contributed by atoms with Gasteiger partial charge in [0.1, 0.15) is 18.4 Å². The van der Waals surface area contributed by atoms with Gasteiger partial charge in [-0.2, -0.15) is 5.26 Å². The molecule has 1 aliphatic rings. The molecule has 0 spiro atoms. The second-order valence-corrected chi connectivity index (χ2v) is 4.94. The molecule has 6 nitrogen and oxygen atoms in total. The Morgan fingerprint density at radius 2 is 1.96 bits per heavy atom. The highest BCUT2D eigenvalue weighted by atomic mass is 16.5. The number of fused-ring (bicyclic) bond motifs is 1.